The summed E-state index contributed by atoms with van der Waals surface area (Å²) in [7, 11) is 0. The fourth-order valence-corrected chi connectivity index (χ4v) is 8.81. The molecule has 5 heteroatoms. The Morgan fingerprint density at radius 3 is 0.705 bits per heavy atom. The average Bonchev–Trinajstić information content (AvgIpc) is 3.54. The van der Waals surface area contributed by atoms with Crippen LogP contribution >= 0.6 is 0 Å². The van der Waals surface area contributed by atoms with Gasteiger partial charge in [0.05, 0.1) is 6.61 Å². The molecule has 88 heavy (non-hydrogen) atoms. The van der Waals surface area contributed by atoms with Crippen molar-refractivity contribution < 1.29 is 24.2 Å². The molecule has 5 nitrogen and oxygen atoms in total. The molecule has 0 amide bonds. The second-order valence-electron chi connectivity index (χ2n) is 22.1. The van der Waals surface area contributed by atoms with Gasteiger partial charge < -0.3 is 14.6 Å². The molecule has 0 aromatic heterocycles. The predicted octanol–water partition coefficient (Wildman–Crippen LogP) is 24.9. The monoisotopic (exact) mass is 1200 g/mol. The first-order valence-corrected chi connectivity index (χ1v) is 34.9. The third-order valence-electron chi connectivity index (χ3n) is 14.0. The molecule has 0 radical (unpaired) electrons. The first-order valence-electron chi connectivity index (χ1n) is 34.9. The maximum atomic E-state index is 12.3. The highest BCUT2D eigenvalue weighted by atomic mass is 16.6. The highest BCUT2D eigenvalue weighted by Gasteiger charge is 2.16. The number of esters is 2. The summed E-state index contributed by atoms with van der Waals surface area (Å²) in [5.41, 5.74) is 0. The van der Waals surface area contributed by atoms with E-state index in [9.17, 15) is 14.7 Å². The molecular formula is C83H126O5. The molecule has 0 aliphatic carbocycles. The zero-order valence-electron chi connectivity index (χ0n) is 55.9. The number of rotatable bonds is 61. The lowest BCUT2D eigenvalue weighted by atomic mass is 10.0. The van der Waals surface area contributed by atoms with Gasteiger partial charge in [0.1, 0.15) is 6.61 Å². The summed E-state index contributed by atoms with van der Waals surface area (Å²) in [5.74, 6) is -0.658. The highest BCUT2D eigenvalue weighted by Crippen LogP contribution is 2.15. The molecule has 0 aliphatic rings. The summed E-state index contributed by atoms with van der Waals surface area (Å²) in [6.07, 6.45) is 123. The Kier molecular flexibility index (Phi) is 70.0. The van der Waals surface area contributed by atoms with Crippen molar-refractivity contribution in [2.75, 3.05) is 13.2 Å². The zero-order chi connectivity index (χ0) is 63.3. The van der Waals surface area contributed by atoms with Crippen LogP contribution in [-0.2, 0) is 19.1 Å². The highest BCUT2D eigenvalue weighted by molar-refractivity contribution is 5.70. The summed E-state index contributed by atoms with van der Waals surface area (Å²) >= 11 is 0. The SMILES string of the molecule is CC/C=C\C/C=C\C/C=C\C/C=C\C/C=C\C/C=C\C/C=C\C/C=C\C/C=C\C/C=C\C/C=C\C/C=C\CCCCC(=O)OC(CO)COC(=O)CCCCCCCCCCCCCCC/C=C\C/C=C\C/C=C\C/C=C\C/C=C\C/C=C\C/C=C\CC. The Hall–Kier alpha value is -6.04. The van der Waals surface area contributed by atoms with Crippen molar-refractivity contribution in [1.82, 2.24) is 0 Å². The maximum Gasteiger partial charge on any atom is 0.306 e. The van der Waals surface area contributed by atoms with Gasteiger partial charge in [0.2, 0.25) is 0 Å². The van der Waals surface area contributed by atoms with Crippen molar-refractivity contribution >= 4 is 11.9 Å². The third-order valence-corrected chi connectivity index (χ3v) is 14.0. The number of ether oxygens (including phenoxy) is 2. The molecule has 1 atom stereocenters. The van der Waals surface area contributed by atoms with Gasteiger partial charge in [-0.25, -0.2) is 0 Å². The molecule has 0 aliphatic heterocycles. The van der Waals surface area contributed by atoms with Crippen LogP contribution in [0.4, 0.5) is 0 Å². The van der Waals surface area contributed by atoms with Crippen LogP contribution in [0.5, 0.6) is 0 Å². The second-order valence-corrected chi connectivity index (χ2v) is 22.1. The summed E-state index contributed by atoms with van der Waals surface area (Å²) in [6, 6.07) is 0. The summed E-state index contributed by atoms with van der Waals surface area (Å²) in [5, 5.41) is 9.70. The first-order chi connectivity index (χ1) is 43.6. The number of hydrogen-bond donors (Lipinski definition) is 1. The first kappa shape index (κ1) is 82.0. The van der Waals surface area contributed by atoms with E-state index >= 15 is 0 Å². The van der Waals surface area contributed by atoms with Crippen LogP contribution in [0.15, 0.2) is 231 Å². The van der Waals surface area contributed by atoms with E-state index in [-0.39, 0.29) is 31.6 Å². The number of hydrogen-bond acceptors (Lipinski definition) is 5. The van der Waals surface area contributed by atoms with Crippen molar-refractivity contribution in [1.29, 1.82) is 0 Å². The Balaban J connectivity index is 3.66. The minimum atomic E-state index is -0.815. The smallest absolute Gasteiger partial charge is 0.306 e. The summed E-state index contributed by atoms with van der Waals surface area (Å²) in [6.45, 7) is 3.87. The van der Waals surface area contributed by atoms with Gasteiger partial charge in [-0.05, 0) is 161 Å². The molecule has 0 spiro atoms. The molecular weight excluding hydrogens is 1080 g/mol. The molecule has 0 bridgehead atoms. The van der Waals surface area contributed by atoms with Crippen LogP contribution in [0.3, 0.4) is 0 Å². The summed E-state index contributed by atoms with van der Waals surface area (Å²) < 4.78 is 10.7. The van der Waals surface area contributed by atoms with Gasteiger partial charge in [0.15, 0.2) is 6.10 Å². The lowest BCUT2D eigenvalue weighted by molar-refractivity contribution is -0.161. The lowest BCUT2D eigenvalue weighted by Crippen LogP contribution is -2.28. The van der Waals surface area contributed by atoms with E-state index < -0.39 is 6.10 Å². The Morgan fingerprint density at radius 2 is 0.455 bits per heavy atom. The number of aliphatic hydroxyl groups excluding tert-OH is 1. The van der Waals surface area contributed by atoms with Crippen LogP contribution in [0.2, 0.25) is 0 Å². The molecule has 0 aromatic carbocycles. The minimum absolute atomic E-state index is 0.0988. The van der Waals surface area contributed by atoms with E-state index in [1.165, 1.54) is 70.6 Å². The normalized spacial score (nSPS) is 13.7. The Bertz CT molecular complexity index is 2150. The average molecular weight is 1200 g/mol. The van der Waals surface area contributed by atoms with Crippen LogP contribution < -0.4 is 0 Å². The van der Waals surface area contributed by atoms with Gasteiger partial charge in [-0.3, -0.25) is 9.59 Å². The predicted molar refractivity (Wildman–Crippen MR) is 388 cm³/mol. The van der Waals surface area contributed by atoms with Gasteiger partial charge in [-0.2, -0.15) is 0 Å². The molecule has 0 heterocycles. The van der Waals surface area contributed by atoms with E-state index in [0.29, 0.717) is 12.8 Å². The van der Waals surface area contributed by atoms with Gasteiger partial charge in [0, 0.05) is 12.8 Å². The number of carbonyl (C=O) groups is 2. The van der Waals surface area contributed by atoms with E-state index in [2.05, 4.69) is 245 Å². The van der Waals surface area contributed by atoms with E-state index in [1.807, 2.05) is 0 Å². The summed E-state index contributed by atoms with van der Waals surface area (Å²) in [4.78, 5) is 24.6. The van der Waals surface area contributed by atoms with Gasteiger partial charge in [0.25, 0.3) is 0 Å². The van der Waals surface area contributed by atoms with Crippen LogP contribution in [0.1, 0.15) is 258 Å². The van der Waals surface area contributed by atoms with E-state index in [1.54, 1.807) is 0 Å². The quantitative estimate of drug-likeness (QED) is 0.0373. The van der Waals surface area contributed by atoms with E-state index in [0.717, 1.165) is 154 Å². The standard InChI is InChI=1S/C83H126O5/c1-3-5-7-9-11-13-15-17-19-21-23-25-27-29-31-33-35-37-39-40-41-42-44-46-48-50-52-54-56-58-60-62-64-66-68-70-72-74-76-78-83(86)88-81(79-84)80-87-82(85)77-75-73-71-69-67-65-63-61-59-57-55-53-51-49-47-45-43-38-36-34-32-30-28-26-24-22-20-18-16-14-12-10-8-6-4-2/h5-8,11-14,17-20,23-26,29-32,35-38,40-41,44-47,50,52,56,58,62,64,68,70,81,84H,3-4,9-10,15-16,21-22,27-28,33-34,39,42-43,48-49,51,53-55,57,59-61,63,65-67,69,71-80H2,1-2H3/b7-5-,8-6-,13-11-,14-12-,19-17-,20-18-,25-23-,26-24-,31-29-,32-30-,37-35-,38-36-,41-40-,46-44-,47-45-,52-50-,58-56-,64-62-,70-68-. The molecule has 1 N–H and O–H groups in total. The number of allylic oxidation sites excluding steroid dienone is 38. The Morgan fingerprint density at radius 1 is 0.261 bits per heavy atom. The minimum Gasteiger partial charge on any atom is -0.462 e. The van der Waals surface area contributed by atoms with Gasteiger partial charge >= 0.3 is 11.9 Å². The molecule has 1 unspecified atom stereocenters. The third kappa shape index (κ3) is 72.4. The van der Waals surface area contributed by atoms with Crippen molar-refractivity contribution in [3.8, 4) is 0 Å². The number of unbranched alkanes of at least 4 members (excludes halogenated alkanes) is 15. The Labute approximate surface area is 541 Å². The van der Waals surface area contributed by atoms with Crippen molar-refractivity contribution in [3.63, 3.8) is 0 Å². The van der Waals surface area contributed by atoms with E-state index in [4.69, 9.17) is 9.47 Å². The van der Waals surface area contributed by atoms with Crippen LogP contribution in [-0.4, -0.2) is 36.4 Å². The molecule has 0 fully saturated rings. The fourth-order valence-electron chi connectivity index (χ4n) is 8.81. The van der Waals surface area contributed by atoms with Gasteiger partial charge in [-0.15, -0.1) is 0 Å². The lowest BCUT2D eigenvalue weighted by Gasteiger charge is -2.15. The van der Waals surface area contributed by atoms with Crippen molar-refractivity contribution in [3.05, 3.63) is 231 Å². The zero-order valence-corrected chi connectivity index (χ0v) is 55.9. The largest absolute Gasteiger partial charge is 0.462 e. The topological polar surface area (TPSA) is 72.8 Å². The number of aliphatic hydroxyl groups is 1. The van der Waals surface area contributed by atoms with Crippen molar-refractivity contribution in [2.45, 2.75) is 264 Å². The number of carbonyl (C=O) groups excluding carboxylic acids is 2. The molecule has 0 rings (SSSR count). The molecule has 0 saturated heterocycles. The molecule has 0 aromatic rings. The maximum absolute atomic E-state index is 12.3. The molecule has 0 saturated carbocycles. The van der Waals surface area contributed by atoms with Crippen molar-refractivity contribution in [2.24, 2.45) is 0 Å². The fraction of sp³-hybridized carbons (Fsp3) is 0.518. The van der Waals surface area contributed by atoms with Crippen LogP contribution in [0, 0.1) is 0 Å². The van der Waals surface area contributed by atoms with Crippen LogP contribution in [0.25, 0.3) is 0 Å². The van der Waals surface area contributed by atoms with Gasteiger partial charge in [-0.1, -0.05) is 315 Å². The molecule has 488 valence electrons. The second kappa shape index (κ2) is 75.2.